The minimum atomic E-state index is -0.123. The molecule has 2 amide bonds. The molecule has 1 aliphatic rings. The Morgan fingerprint density at radius 1 is 1.28 bits per heavy atom. The van der Waals surface area contributed by atoms with Crippen molar-refractivity contribution in [2.75, 3.05) is 19.6 Å². The van der Waals surface area contributed by atoms with E-state index in [9.17, 15) is 9.59 Å². The maximum absolute atomic E-state index is 12.0. The number of carbonyl (C=O) groups is 2. The van der Waals surface area contributed by atoms with E-state index in [1.165, 1.54) is 21.8 Å². The minimum absolute atomic E-state index is 0.0225. The monoisotopic (exact) mass is 377 g/mol. The van der Waals surface area contributed by atoms with Gasteiger partial charge >= 0.3 is 0 Å². The molecule has 0 fully saturated rings. The predicted octanol–water partition coefficient (Wildman–Crippen LogP) is 2.49. The van der Waals surface area contributed by atoms with Crippen LogP contribution in [-0.4, -0.2) is 42.4 Å². The summed E-state index contributed by atoms with van der Waals surface area (Å²) in [5, 5.41) is 11.6. The number of rotatable bonds is 7. The van der Waals surface area contributed by atoms with Crippen molar-refractivity contribution >= 4 is 34.5 Å². The molecule has 134 valence electrons. The number of amides is 2. The summed E-state index contributed by atoms with van der Waals surface area (Å²) >= 11 is 3.32. The van der Waals surface area contributed by atoms with Crippen molar-refractivity contribution in [1.82, 2.24) is 15.5 Å². The molecule has 0 saturated carbocycles. The first-order chi connectivity index (χ1) is 12.1. The van der Waals surface area contributed by atoms with Crippen molar-refractivity contribution < 1.29 is 9.59 Å². The van der Waals surface area contributed by atoms with Crippen molar-refractivity contribution in [3.8, 4) is 0 Å². The zero-order chi connectivity index (χ0) is 17.6. The Balaban J connectivity index is 1.34. The first-order valence-corrected chi connectivity index (χ1v) is 10.3. The SMILES string of the molecule is CC(CNC(=O)CCNC(=O)c1ccsc1)N1CCc2sccc2C1. The minimum Gasteiger partial charge on any atom is -0.354 e. The van der Waals surface area contributed by atoms with E-state index in [1.54, 1.807) is 11.4 Å². The molecule has 0 saturated heterocycles. The van der Waals surface area contributed by atoms with Crippen LogP contribution in [0.15, 0.2) is 28.3 Å². The Morgan fingerprint density at radius 2 is 2.16 bits per heavy atom. The highest BCUT2D eigenvalue weighted by molar-refractivity contribution is 7.10. The van der Waals surface area contributed by atoms with Gasteiger partial charge in [-0.2, -0.15) is 11.3 Å². The van der Waals surface area contributed by atoms with Crippen LogP contribution in [0.2, 0.25) is 0 Å². The summed E-state index contributed by atoms with van der Waals surface area (Å²) in [4.78, 5) is 27.7. The molecule has 3 rings (SSSR count). The molecule has 2 N–H and O–H groups in total. The Bertz CT molecular complexity index is 712. The quantitative estimate of drug-likeness (QED) is 0.779. The predicted molar refractivity (Wildman–Crippen MR) is 102 cm³/mol. The number of nitrogens with zero attached hydrogens (tertiary/aromatic N) is 1. The molecule has 5 nitrogen and oxygen atoms in total. The van der Waals surface area contributed by atoms with Gasteiger partial charge in [0, 0.05) is 54.5 Å². The summed E-state index contributed by atoms with van der Waals surface area (Å²) in [6.07, 6.45) is 1.40. The van der Waals surface area contributed by atoms with E-state index in [2.05, 4.69) is 33.9 Å². The van der Waals surface area contributed by atoms with Crippen LogP contribution in [0, 0.1) is 0 Å². The van der Waals surface area contributed by atoms with Gasteiger partial charge in [-0.1, -0.05) is 0 Å². The van der Waals surface area contributed by atoms with Crippen molar-refractivity contribution in [2.24, 2.45) is 0 Å². The largest absolute Gasteiger partial charge is 0.354 e. The highest BCUT2D eigenvalue weighted by Crippen LogP contribution is 2.24. The third-order valence-corrected chi connectivity index (χ3v) is 6.18. The van der Waals surface area contributed by atoms with Crippen molar-refractivity contribution in [3.05, 3.63) is 44.3 Å². The number of hydrogen-bond donors (Lipinski definition) is 2. The maximum Gasteiger partial charge on any atom is 0.252 e. The Labute approximate surface area is 156 Å². The van der Waals surface area contributed by atoms with Gasteiger partial charge in [0.15, 0.2) is 0 Å². The van der Waals surface area contributed by atoms with Gasteiger partial charge in [-0.3, -0.25) is 14.5 Å². The van der Waals surface area contributed by atoms with Crippen LogP contribution in [0.4, 0.5) is 0 Å². The van der Waals surface area contributed by atoms with Crippen molar-refractivity contribution in [3.63, 3.8) is 0 Å². The number of thiophene rings is 2. The molecule has 2 aromatic rings. The summed E-state index contributed by atoms with van der Waals surface area (Å²) in [6.45, 7) is 5.15. The normalized spacial score (nSPS) is 15.4. The van der Waals surface area contributed by atoms with Gasteiger partial charge in [-0.05, 0) is 41.8 Å². The van der Waals surface area contributed by atoms with E-state index in [1.807, 2.05) is 16.7 Å². The highest BCUT2D eigenvalue weighted by atomic mass is 32.1. The highest BCUT2D eigenvalue weighted by Gasteiger charge is 2.21. The topological polar surface area (TPSA) is 61.4 Å². The summed E-state index contributed by atoms with van der Waals surface area (Å²) in [7, 11) is 0. The molecule has 2 aromatic heterocycles. The zero-order valence-electron chi connectivity index (χ0n) is 14.3. The van der Waals surface area contributed by atoms with Crippen LogP contribution in [0.3, 0.4) is 0 Å². The van der Waals surface area contributed by atoms with Crippen molar-refractivity contribution in [2.45, 2.75) is 32.4 Å². The second kappa shape index (κ2) is 8.60. The molecular formula is C18H23N3O2S2. The average molecular weight is 378 g/mol. The van der Waals surface area contributed by atoms with E-state index in [-0.39, 0.29) is 11.8 Å². The summed E-state index contributed by atoms with van der Waals surface area (Å²) < 4.78 is 0. The van der Waals surface area contributed by atoms with Crippen molar-refractivity contribution in [1.29, 1.82) is 0 Å². The van der Waals surface area contributed by atoms with Crippen LogP contribution in [-0.2, 0) is 17.8 Å². The fraction of sp³-hybridized carbons (Fsp3) is 0.444. The molecular weight excluding hydrogens is 354 g/mol. The van der Waals surface area contributed by atoms with Gasteiger partial charge in [0.25, 0.3) is 5.91 Å². The third-order valence-electron chi connectivity index (χ3n) is 4.48. The smallest absolute Gasteiger partial charge is 0.252 e. The Morgan fingerprint density at radius 3 is 2.96 bits per heavy atom. The van der Waals surface area contributed by atoms with Gasteiger partial charge in [-0.25, -0.2) is 0 Å². The third kappa shape index (κ3) is 4.90. The van der Waals surface area contributed by atoms with Crippen LogP contribution in [0.25, 0.3) is 0 Å². The molecule has 7 heteroatoms. The molecule has 1 unspecified atom stereocenters. The van der Waals surface area contributed by atoms with Gasteiger partial charge in [0.1, 0.15) is 0 Å². The molecule has 0 aliphatic carbocycles. The number of nitrogens with one attached hydrogen (secondary N) is 2. The lowest BCUT2D eigenvalue weighted by Crippen LogP contribution is -2.44. The van der Waals surface area contributed by atoms with Gasteiger partial charge in [-0.15, -0.1) is 11.3 Å². The van der Waals surface area contributed by atoms with Gasteiger partial charge < -0.3 is 10.6 Å². The standard InChI is InChI=1S/C18H23N3O2S2/c1-13(21-7-3-16-14(11-21)5-9-25-16)10-20-17(22)2-6-19-18(23)15-4-8-24-12-15/h4-5,8-9,12-13H,2-3,6-7,10-11H2,1H3,(H,19,23)(H,20,22). The van der Waals surface area contributed by atoms with E-state index in [0.717, 1.165) is 19.5 Å². The zero-order valence-corrected chi connectivity index (χ0v) is 15.9. The van der Waals surface area contributed by atoms with Crippen LogP contribution in [0.5, 0.6) is 0 Å². The van der Waals surface area contributed by atoms with E-state index >= 15 is 0 Å². The lowest BCUT2D eigenvalue weighted by molar-refractivity contribution is -0.121. The Hall–Kier alpha value is -1.70. The van der Waals surface area contributed by atoms with Crippen LogP contribution < -0.4 is 10.6 Å². The molecule has 0 radical (unpaired) electrons. The van der Waals surface area contributed by atoms with E-state index in [4.69, 9.17) is 0 Å². The van der Waals surface area contributed by atoms with E-state index < -0.39 is 0 Å². The fourth-order valence-electron chi connectivity index (χ4n) is 2.91. The second-order valence-corrected chi connectivity index (χ2v) is 8.04. The summed E-state index contributed by atoms with van der Waals surface area (Å²) in [6, 6.07) is 4.28. The molecule has 1 atom stereocenters. The van der Waals surface area contributed by atoms with Crippen LogP contribution >= 0.6 is 22.7 Å². The lowest BCUT2D eigenvalue weighted by atomic mass is 10.1. The number of fused-ring (bicyclic) bond motifs is 1. The fourth-order valence-corrected chi connectivity index (χ4v) is 4.44. The van der Waals surface area contributed by atoms with Crippen LogP contribution in [0.1, 0.15) is 34.1 Å². The molecule has 0 aromatic carbocycles. The first kappa shape index (κ1) is 18.1. The van der Waals surface area contributed by atoms with E-state index in [0.29, 0.717) is 31.1 Å². The summed E-state index contributed by atoms with van der Waals surface area (Å²) in [5.41, 5.74) is 2.07. The van der Waals surface area contributed by atoms with Gasteiger partial charge in [0.2, 0.25) is 5.91 Å². The maximum atomic E-state index is 12.0. The van der Waals surface area contributed by atoms with Gasteiger partial charge in [0.05, 0.1) is 0 Å². The molecule has 0 bridgehead atoms. The second-order valence-electron chi connectivity index (χ2n) is 6.26. The molecule has 3 heterocycles. The average Bonchev–Trinajstić information content (AvgIpc) is 3.30. The molecule has 25 heavy (non-hydrogen) atoms. The number of hydrogen-bond acceptors (Lipinski definition) is 5. The molecule has 1 aliphatic heterocycles. The first-order valence-electron chi connectivity index (χ1n) is 8.50. The Kier molecular flexibility index (Phi) is 6.23. The lowest BCUT2D eigenvalue weighted by Gasteiger charge is -2.32. The number of carbonyl (C=O) groups excluding carboxylic acids is 2. The molecule has 0 spiro atoms. The summed E-state index contributed by atoms with van der Waals surface area (Å²) in [5.74, 6) is -0.145.